The zero-order valence-corrected chi connectivity index (χ0v) is 16.3. The molecule has 2 fully saturated rings. The molecule has 1 aromatic carbocycles. The van der Waals surface area contributed by atoms with Gasteiger partial charge in [-0.05, 0) is 49.2 Å². The fourth-order valence-corrected chi connectivity index (χ4v) is 4.23. The number of fused-ring (bicyclic) bond motifs is 2. The van der Waals surface area contributed by atoms with Gasteiger partial charge in [0.25, 0.3) is 0 Å². The van der Waals surface area contributed by atoms with Crippen LogP contribution in [0.15, 0.2) is 42.6 Å². The van der Waals surface area contributed by atoms with E-state index in [9.17, 15) is 26.3 Å². The number of rotatable bonds is 4. The second-order valence-electron chi connectivity index (χ2n) is 7.78. The molecule has 2 saturated heterocycles. The Balaban J connectivity index is 1.45. The number of aromatic nitrogens is 1. The summed E-state index contributed by atoms with van der Waals surface area (Å²) in [7, 11) is 0. The van der Waals surface area contributed by atoms with Gasteiger partial charge in [0.05, 0.1) is 5.56 Å². The van der Waals surface area contributed by atoms with Crippen molar-refractivity contribution in [3.63, 3.8) is 0 Å². The maximum absolute atomic E-state index is 13.3. The molecule has 0 saturated carbocycles. The van der Waals surface area contributed by atoms with Crippen LogP contribution in [0, 0.1) is 0 Å². The maximum atomic E-state index is 13.3. The molecule has 1 aromatic heterocycles. The van der Waals surface area contributed by atoms with Gasteiger partial charge in [-0.25, -0.2) is 4.98 Å². The van der Waals surface area contributed by atoms with Gasteiger partial charge in [0.2, 0.25) is 5.88 Å². The Morgan fingerprint density at radius 1 is 0.871 bits per heavy atom. The lowest BCUT2D eigenvalue weighted by Gasteiger charge is -2.46. The van der Waals surface area contributed by atoms with Crippen molar-refractivity contribution < 1.29 is 35.9 Å². The van der Waals surface area contributed by atoms with Gasteiger partial charge in [0.1, 0.15) is 17.4 Å². The summed E-state index contributed by atoms with van der Waals surface area (Å²) in [4.78, 5) is 9.43. The van der Waals surface area contributed by atoms with E-state index in [4.69, 9.17) is 9.57 Å². The van der Waals surface area contributed by atoms with Gasteiger partial charge >= 0.3 is 12.4 Å². The first kappa shape index (κ1) is 21.7. The summed E-state index contributed by atoms with van der Waals surface area (Å²) < 4.78 is 83.9. The summed E-state index contributed by atoms with van der Waals surface area (Å²) in [6, 6.07) is 6.29. The Morgan fingerprint density at radius 2 is 1.52 bits per heavy atom. The van der Waals surface area contributed by atoms with E-state index in [-0.39, 0.29) is 18.2 Å². The number of piperidine rings is 2. The quantitative estimate of drug-likeness (QED) is 0.550. The van der Waals surface area contributed by atoms with Crippen molar-refractivity contribution in [1.82, 2.24) is 10.0 Å². The third kappa shape index (κ3) is 4.89. The second kappa shape index (κ2) is 8.22. The van der Waals surface area contributed by atoms with Crippen molar-refractivity contribution in [1.29, 1.82) is 0 Å². The van der Waals surface area contributed by atoms with Crippen LogP contribution in [0.25, 0.3) is 0 Å². The van der Waals surface area contributed by atoms with E-state index in [1.165, 1.54) is 24.4 Å². The van der Waals surface area contributed by atoms with Crippen molar-refractivity contribution >= 4 is 0 Å². The summed E-state index contributed by atoms with van der Waals surface area (Å²) >= 11 is 0. The molecule has 2 aliphatic heterocycles. The van der Waals surface area contributed by atoms with Crippen LogP contribution in [0.5, 0.6) is 11.6 Å². The van der Waals surface area contributed by atoms with E-state index < -0.39 is 29.4 Å². The van der Waals surface area contributed by atoms with E-state index in [1.807, 2.05) is 0 Å². The molecule has 2 aromatic rings. The van der Waals surface area contributed by atoms with Crippen LogP contribution in [-0.2, 0) is 12.4 Å². The zero-order chi connectivity index (χ0) is 22.2. The Kier molecular flexibility index (Phi) is 5.76. The van der Waals surface area contributed by atoms with Gasteiger partial charge in [-0.1, -0.05) is 6.42 Å². The molecule has 10 heteroatoms. The number of pyridine rings is 1. The van der Waals surface area contributed by atoms with Crippen LogP contribution >= 0.6 is 0 Å². The van der Waals surface area contributed by atoms with Crippen molar-refractivity contribution in [3.05, 3.63) is 53.7 Å². The van der Waals surface area contributed by atoms with Gasteiger partial charge in [0.15, 0.2) is 0 Å². The van der Waals surface area contributed by atoms with Gasteiger partial charge < -0.3 is 9.57 Å². The highest BCUT2D eigenvalue weighted by molar-refractivity contribution is 5.30. The molecular formula is C21H20F6N2O2. The molecule has 0 radical (unpaired) electrons. The Labute approximate surface area is 174 Å². The Morgan fingerprint density at radius 3 is 2.10 bits per heavy atom. The van der Waals surface area contributed by atoms with Crippen LogP contribution in [0.4, 0.5) is 26.3 Å². The van der Waals surface area contributed by atoms with Crippen LogP contribution in [0.2, 0.25) is 0 Å². The summed E-state index contributed by atoms with van der Waals surface area (Å²) in [5, 5.41) is 1.59. The first-order valence-electron chi connectivity index (χ1n) is 9.93. The number of ether oxygens (including phenoxy) is 1. The highest BCUT2D eigenvalue weighted by atomic mass is 19.4. The van der Waals surface area contributed by atoms with E-state index in [0.717, 1.165) is 37.5 Å². The normalized spacial score (nSPS) is 24.6. The number of hydroxylamine groups is 2. The van der Waals surface area contributed by atoms with Gasteiger partial charge in [-0.2, -0.15) is 26.3 Å². The van der Waals surface area contributed by atoms with Crippen LogP contribution < -0.4 is 9.57 Å². The average molecular weight is 446 g/mol. The third-order valence-corrected chi connectivity index (χ3v) is 5.62. The number of hydrogen-bond donors (Lipinski definition) is 0. The average Bonchev–Trinajstić information content (AvgIpc) is 2.68. The molecule has 1 unspecified atom stereocenters. The molecule has 2 bridgehead atoms. The van der Waals surface area contributed by atoms with E-state index in [0.29, 0.717) is 18.6 Å². The number of nitrogens with zero attached hydrogens (tertiary/aromatic N) is 2. The molecule has 3 heterocycles. The van der Waals surface area contributed by atoms with Crippen molar-refractivity contribution in [2.75, 3.05) is 0 Å². The lowest BCUT2D eigenvalue weighted by molar-refractivity contribution is -0.192. The van der Waals surface area contributed by atoms with Crippen LogP contribution in [0.3, 0.4) is 0 Å². The second-order valence-corrected chi connectivity index (χ2v) is 7.78. The first-order chi connectivity index (χ1) is 14.6. The van der Waals surface area contributed by atoms with Crippen molar-refractivity contribution in [2.24, 2.45) is 0 Å². The molecule has 0 N–H and O–H groups in total. The molecular weight excluding hydrogens is 426 g/mol. The molecule has 0 amide bonds. The fourth-order valence-electron chi connectivity index (χ4n) is 4.23. The van der Waals surface area contributed by atoms with Gasteiger partial charge in [0, 0.05) is 31.1 Å². The fraction of sp³-hybridized carbons (Fsp3) is 0.476. The van der Waals surface area contributed by atoms with Gasteiger partial charge in [-0.15, -0.1) is 5.06 Å². The number of benzene rings is 1. The highest BCUT2D eigenvalue weighted by Crippen LogP contribution is 2.40. The Bertz CT molecular complexity index is 886. The first-order valence-corrected chi connectivity index (χ1v) is 9.93. The summed E-state index contributed by atoms with van der Waals surface area (Å²) in [6.45, 7) is 0. The lowest BCUT2D eigenvalue weighted by Crippen LogP contribution is -2.56. The maximum Gasteiger partial charge on any atom is 0.421 e. The van der Waals surface area contributed by atoms with Crippen LogP contribution in [-0.4, -0.2) is 28.2 Å². The summed E-state index contributed by atoms with van der Waals surface area (Å²) in [5.74, 6) is -0.150. The topological polar surface area (TPSA) is 34.6 Å². The van der Waals surface area contributed by atoms with E-state index in [1.54, 1.807) is 5.06 Å². The molecule has 3 atom stereocenters. The SMILES string of the molecule is FC(F)(F)c1ccc(OC2C[C@H]3CCC[C@@H](C2)N3Oc2ncccc2C(F)(F)F)cc1. The molecule has 4 rings (SSSR count). The Hall–Kier alpha value is -2.49. The number of halogens is 6. The highest BCUT2D eigenvalue weighted by Gasteiger charge is 2.43. The number of hydrogen-bond acceptors (Lipinski definition) is 4. The van der Waals surface area contributed by atoms with E-state index in [2.05, 4.69) is 4.98 Å². The van der Waals surface area contributed by atoms with Crippen LogP contribution in [0.1, 0.15) is 43.2 Å². The third-order valence-electron chi connectivity index (χ3n) is 5.62. The van der Waals surface area contributed by atoms with Crippen molar-refractivity contribution in [3.8, 4) is 11.6 Å². The number of alkyl halides is 6. The van der Waals surface area contributed by atoms with Gasteiger partial charge in [-0.3, -0.25) is 0 Å². The molecule has 168 valence electrons. The summed E-state index contributed by atoms with van der Waals surface area (Å²) in [6.07, 6.45) is -4.68. The smallest absolute Gasteiger partial charge is 0.421 e. The minimum absolute atomic E-state index is 0.171. The molecule has 31 heavy (non-hydrogen) atoms. The minimum atomic E-state index is -4.58. The van der Waals surface area contributed by atoms with Crippen molar-refractivity contribution in [2.45, 2.75) is 62.6 Å². The summed E-state index contributed by atoms with van der Waals surface area (Å²) in [5.41, 5.74) is -1.69. The molecule has 4 nitrogen and oxygen atoms in total. The zero-order valence-electron chi connectivity index (χ0n) is 16.3. The largest absolute Gasteiger partial charge is 0.490 e. The lowest BCUT2D eigenvalue weighted by atomic mass is 9.84. The molecule has 0 spiro atoms. The molecule has 0 aliphatic carbocycles. The predicted octanol–water partition coefficient (Wildman–Crippen LogP) is 5.88. The minimum Gasteiger partial charge on any atom is -0.490 e. The van der Waals surface area contributed by atoms with E-state index >= 15 is 0 Å². The molecule has 2 aliphatic rings. The predicted molar refractivity (Wildman–Crippen MR) is 98.2 cm³/mol. The standard InChI is InChI=1S/C21H20F6N2O2/c22-20(23,24)13-6-8-16(9-7-13)30-17-11-14-3-1-4-15(12-17)29(14)31-19-18(21(25,26)27)5-2-10-28-19/h2,5-10,14-15,17H,1,3-4,11-12H2/t14-,15+,17?. The monoisotopic (exact) mass is 446 g/mol.